The minimum atomic E-state index is 0.250. The number of piperidine rings is 1. The fraction of sp³-hybridized carbons (Fsp3) is 0.917. The zero-order chi connectivity index (χ0) is 12.0. The van der Waals surface area contributed by atoms with Crippen LogP contribution in [0.3, 0.4) is 0 Å². The first-order chi connectivity index (χ1) is 7.69. The molecule has 4 nitrogen and oxygen atoms in total. The molecule has 0 aromatic heterocycles. The van der Waals surface area contributed by atoms with Crippen LogP contribution in [0.4, 0.5) is 0 Å². The van der Waals surface area contributed by atoms with Crippen LogP contribution in [0.15, 0.2) is 0 Å². The predicted octanol–water partition coefficient (Wildman–Crippen LogP) is 0.668. The van der Waals surface area contributed by atoms with Gasteiger partial charge in [0.15, 0.2) is 0 Å². The Morgan fingerprint density at radius 2 is 2.06 bits per heavy atom. The van der Waals surface area contributed by atoms with Gasteiger partial charge in [-0.3, -0.25) is 4.79 Å². The Hall–Kier alpha value is -0.610. The first-order valence-corrected chi connectivity index (χ1v) is 6.37. The van der Waals surface area contributed by atoms with E-state index in [1.165, 1.54) is 0 Å². The van der Waals surface area contributed by atoms with E-state index in [1.54, 1.807) is 0 Å². The average molecular weight is 227 g/mol. The van der Waals surface area contributed by atoms with E-state index in [9.17, 15) is 4.79 Å². The number of hydrogen-bond acceptors (Lipinski definition) is 3. The molecule has 1 amide bonds. The maximum Gasteiger partial charge on any atom is 0.222 e. The summed E-state index contributed by atoms with van der Waals surface area (Å²) in [6.07, 6.45) is 3.62. The summed E-state index contributed by atoms with van der Waals surface area (Å²) >= 11 is 0. The molecule has 0 bridgehead atoms. The van der Waals surface area contributed by atoms with Gasteiger partial charge in [-0.15, -0.1) is 0 Å². The lowest BCUT2D eigenvalue weighted by Crippen LogP contribution is -2.45. The van der Waals surface area contributed by atoms with Crippen LogP contribution in [0.1, 0.15) is 32.6 Å². The molecule has 4 heteroatoms. The molecule has 1 rings (SSSR count). The predicted molar refractivity (Wildman–Crippen MR) is 66.2 cm³/mol. The molecule has 0 aliphatic carbocycles. The number of likely N-dealkylation sites (tertiary alicyclic amines) is 1. The minimum absolute atomic E-state index is 0.250. The first kappa shape index (κ1) is 13.5. The summed E-state index contributed by atoms with van der Waals surface area (Å²) in [5.74, 6) is 0.250. The van der Waals surface area contributed by atoms with Crippen LogP contribution in [0.2, 0.25) is 0 Å². The molecule has 94 valence electrons. The molecule has 0 radical (unpaired) electrons. The standard InChI is InChI=1S/C12H25N3O/c1-3-15-9-6-11(7-10-15)14(2)12(16)5-4-8-13/h11H,3-10,13H2,1-2H3. The second-order valence-electron chi connectivity index (χ2n) is 4.56. The van der Waals surface area contributed by atoms with Crippen molar-refractivity contribution >= 4 is 5.91 Å². The summed E-state index contributed by atoms with van der Waals surface area (Å²) in [6.45, 7) is 6.16. The summed E-state index contributed by atoms with van der Waals surface area (Å²) < 4.78 is 0. The molecule has 2 N–H and O–H groups in total. The second-order valence-corrected chi connectivity index (χ2v) is 4.56. The molecular weight excluding hydrogens is 202 g/mol. The van der Waals surface area contributed by atoms with Gasteiger partial charge in [-0.2, -0.15) is 0 Å². The van der Waals surface area contributed by atoms with Gasteiger partial charge in [0.05, 0.1) is 0 Å². The van der Waals surface area contributed by atoms with Gasteiger partial charge in [0.2, 0.25) is 5.91 Å². The molecule has 1 aliphatic heterocycles. The van der Waals surface area contributed by atoms with Gasteiger partial charge < -0.3 is 15.5 Å². The van der Waals surface area contributed by atoms with E-state index in [4.69, 9.17) is 5.73 Å². The Labute approximate surface area is 98.8 Å². The quantitative estimate of drug-likeness (QED) is 0.751. The SMILES string of the molecule is CCN1CCC(N(C)C(=O)CCCN)CC1. The summed E-state index contributed by atoms with van der Waals surface area (Å²) in [5.41, 5.74) is 5.41. The van der Waals surface area contributed by atoms with Crippen molar-refractivity contribution in [2.45, 2.75) is 38.6 Å². The van der Waals surface area contributed by atoms with Gasteiger partial charge in [-0.25, -0.2) is 0 Å². The van der Waals surface area contributed by atoms with Gasteiger partial charge in [0.25, 0.3) is 0 Å². The number of nitrogens with two attached hydrogens (primary N) is 1. The van der Waals surface area contributed by atoms with Crippen molar-refractivity contribution in [3.8, 4) is 0 Å². The van der Waals surface area contributed by atoms with Crippen molar-refractivity contribution in [3.05, 3.63) is 0 Å². The van der Waals surface area contributed by atoms with Gasteiger partial charge in [-0.05, 0) is 32.4 Å². The second kappa shape index (κ2) is 6.86. The van der Waals surface area contributed by atoms with Crippen LogP contribution in [0, 0.1) is 0 Å². The molecule has 1 fully saturated rings. The smallest absolute Gasteiger partial charge is 0.222 e. The van der Waals surface area contributed by atoms with E-state index >= 15 is 0 Å². The highest BCUT2D eigenvalue weighted by Crippen LogP contribution is 2.16. The van der Waals surface area contributed by atoms with Crippen LogP contribution in [-0.2, 0) is 4.79 Å². The molecule has 0 saturated carbocycles. The van der Waals surface area contributed by atoms with Crippen LogP contribution >= 0.6 is 0 Å². The highest BCUT2D eigenvalue weighted by molar-refractivity contribution is 5.76. The highest BCUT2D eigenvalue weighted by atomic mass is 16.2. The summed E-state index contributed by atoms with van der Waals surface area (Å²) in [4.78, 5) is 16.2. The van der Waals surface area contributed by atoms with Crippen LogP contribution in [0.5, 0.6) is 0 Å². The Morgan fingerprint density at radius 1 is 1.44 bits per heavy atom. The molecule has 1 saturated heterocycles. The van der Waals surface area contributed by atoms with E-state index in [2.05, 4.69) is 11.8 Å². The number of nitrogens with zero attached hydrogens (tertiary/aromatic N) is 2. The van der Waals surface area contributed by atoms with Gasteiger partial charge in [0, 0.05) is 32.6 Å². The molecule has 0 unspecified atom stereocenters. The fourth-order valence-corrected chi connectivity index (χ4v) is 2.26. The van der Waals surface area contributed by atoms with E-state index in [0.29, 0.717) is 19.0 Å². The largest absolute Gasteiger partial charge is 0.343 e. The Balaban J connectivity index is 2.32. The monoisotopic (exact) mass is 227 g/mol. The normalized spacial score (nSPS) is 18.7. The van der Waals surface area contributed by atoms with Crippen molar-refractivity contribution in [3.63, 3.8) is 0 Å². The maximum absolute atomic E-state index is 11.8. The maximum atomic E-state index is 11.8. The van der Waals surface area contributed by atoms with Crippen molar-refractivity contribution in [2.75, 3.05) is 33.2 Å². The van der Waals surface area contributed by atoms with Crippen molar-refractivity contribution in [1.29, 1.82) is 0 Å². The topological polar surface area (TPSA) is 49.6 Å². The Bertz CT molecular complexity index is 212. The zero-order valence-electron chi connectivity index (χ0n) is 10.6. The van der Waals surface area contributed by atoms with E-state index < -0.39 is 0 Å². The third kappa shape index (κ3) is 3.76. The lowest BCUT2D eigenvalue weighted by molar-refractivity contribution is -0.132. The van der Waals surface area contributed by atoms with Gasteiger partial charge in [-0.1, -0.05) is 6.92 Å². The summed E-state index contributed by atoms with van der Waals surface area (Å²) in [5, 5.41) is 0. The van der Waals surface area contributed by atoms with Gasteiger partial charge >= 0.3 is 0 Å². The molecule has 0 spiro atoms. The van der Waals surface area contributed by atoms with Crippen LogP contribution < -0.4 is 5.73 Å². The molecule has 16 heavy (non-hydrogen) atoms. The van der Waals surface area contributed by atoms with Crippen molar-refractivity contribution < 1.29 is 4.79 Å². The fourth-order valence-electron chi connectivity index (χ4n) is 2.26. The average Bonchev–Trinajstić information content (AvgIpc) is 2.35. The van der Waals surface area contributed by atoms with E-state index in [1.807, 2.05) is 11.9 Å². The number of hydrogen-bond donors (Lipinski definition) is 1. The molecule has 0 atom stereocenters. The summed E-state index contributed by atoms with van der Waals surface area (Å²) in [6, 6.07) is 0.438. The van der Waals surface area contributed by atoms with Crippen molar-refractivity contribution in [2.24, 2.45) is 5.73 Å². The number of rotatable bonds is 5. The molecule has 1 heterocycles. The molecule has 0 aromatic rings. The van der Waals surface area contributed by atoms with Gasteiger partial charge in [0.1, 0.15) is 0 Å². The third-order valence-corrected chi connectivity index (χ3v) is 3.54. The third-order valence-electron chi connectivity index (χ3n) is 3.54. The zero-order valence-corrected chi connectivity index (χ0v) is 10.6. The number of amides is 1. The lowest BCUT2D eigenvalue weighted by atomic mass is 10.0. The van der Waals surface area contributed by atoms with Crippen molar-refractivity contribution in [1.82, 2.24) is 9.80 Å². The lowest BCUT2D eigenvalue weighted by Gasteiger charge is -2.36. The first-order valence-electron chi connectivity index (χ1n) is 6.37. The number of carbonyl (C=O) groups is 1. The Kier molecular flexibility index (Phi) is 5.77. The molecule has 1 aliphatic rings. The molecular formula is C12H25N3O. The Morgan fingerprint density at radius 3 is 2.56 bits per heavy atom. The number of carbonyl (C=O) groups excluding carboxylic acids is 1. The van der Waals surface area contributed by atoms with Crippen LogP contribution in [-0.4, -0.2) is 55.0 Å². The minimum Gasteiger partial charge on any atom is -0.343 e. The summed E-state index contributed by atoms with van der Waals surface area (Å²) in [7, 11) is 1.94. The van der Waals surface area contributed by atoms with E-state index in [-0.39, 0.29) is 5.91 Å². The van der Waals surface area contributed by atoms with E-state index in [0.717, 1.165) is 38.9 Å². The highest BCUT2D eigenvalue weighted by Gasteiger charge is 2.24. The van der Waals surface area contributed by atoms with Crippen LogP contribution in [0.25, 0.3) is 0 Å². The molecule has 0 aromatic carbocycles.